The van der Waals surface area contributed by atoms with Crippen LogP contribution in [-0.4, -0.2) is 36.9 Å². The first-order valence-corrected chi connectivity index (χ1v) is 8.86. The molecule has 0 N–H and O–H groups in total. The number of fused-ring (bicyclic) bond motifs is 2. The Labute approximate surface area is 130 Å². The largest absolute Gasteiger partial charge is 0.459 e. The lowest BCUT2D eigenvalue weighted by molar-refractivity contribution is -0.165. The third-order valence-corrected chi connectivity index (χ3v) is 6.13. The molecule has 2 aliphatic rings. The summed E-state index contributed by atoms with van der Waals surface area (Å²) in [6.07, 6.45) is 4.22. The fourth-order valence-electron chi connectivity index (χ4n) is 3.01. The lowest BCUT2D eigenvalue weighted by atomic mass is 9.97. The van der Waals surface area contributed by atoms with Gasteiger partial charge in [0, 0.05) is 0 Å². The highest BCUT2D eigenvalue weighted by Gasteiger charge is 2.49. The molecule has 1 saturated heterocycles. The molecule has 1 aromatic rings. The van der Waals surface area contributed by atoms with Gasteiger partial charge >= 0.3 is 5.97 Å². The molecule has 0 aliphatic carbocycles. The van der Waals surface area contributed by atoms with E-state index >= 15 is 0 Å². The second kappa shape index (κ2) is 5.52. The van der Waals surface area contributed by atoms with E-state index in [2.05, 4.69) is 0 Å². The van der Waals surface area contributed by atoms with Crippen molar-refractivity contribution in [2.45, 2.75) is 49.8 Å². The maximum Gasteiger partial charge on any atom is 0.325 e. The van der Waals surface area contributed by atoms with E-state index in [1.54, 1.807) is 24.3 Å². The van der Waals surface area contributed by atoms with Gasteiger partial charge in [-0.15, -0.1) is 0 Å². The van der Waals surface area contributed by atoms with Gasteiger partial charge < -0.3 is 4.74 Å². The molecular weight excluding hydrogens is 302 g/mol. The van der Waals surface area contributed by atoms with Crippen LogP contribution in [0, 0.1) is 6.92 Å². The van der Waals surface area contributed by atoms with Crippen molar-refractivity contribution in [2.75, 3.05) is 0 Å². The number of carbonyl (C=O) groups is 1. The number of cyclic esters (lactones) is 1. The quantitative estimate of drug-likeness (QED) is 0.631. The predicted octanol–water partition coefficient (Wildman–Crippen LogP) is 2.02. The standard InChI is InChI=1S/C16H19NO4S/c1-3-15-13-5-4-6-14(16(18)21-15)17(13)22(19,20)12-9-7-11(2)8-10-12/h4-5,7-10,13-15H,3,6H2,1-2H3/t13-,14+,15+/m0/s1. The van der Waals surface area contributed by atoms with Crippen molar-refractivity contribution in [3.63, 3.8) is 0 Å². The molecule has 1 fully saturated rings. The number of carbonyl (C=O) groups excluding carboxylic acids is 1. The van der Waals surface area contributed by atoms with Gasteiger partial charge in [-0.2, -0.15) is 4.31 Å². The van der Waals surface area contributed by atoms with Crippen molar-refractivity contribution in [1.82, 2.24) is 4.31 Å². The second-order valence-electron chi connectivity index (χ2n) is 5.70. The van der Waals surface area contributed by atoms with Gasteiger partial charge in [-0.1, -0.05) is 36.8 Å². The Kier molecular flexibility index (Phi) is 3.82. The minimum atomic E-state index is -3.73. The van der Waals surface area contributed by atoms with E-state index in [0.29, 0.717) is 12.8 Å². The van der Waals surface area contributed by atoms with Crippen molar-refractivity contribution >= 4 is 16.0 Å². The van der Waals surface area contributed by atoms with Crippen LogP contribution in [0.25, 0.3) is 0 Å². The Morgan fingerprint density at radius 2 is 1.95 bits per heavy atom. The Morgan fingerprint density at radius 3 is 2.59 bits per heavy atom. The van der Waals surface area contributed by atoms with Crippen molar-refractivity contribution in [3.8, 4) is 0 Å². The molecule has 2 aliphatic heterocycles. The smallest absolute Gasteiger partial charge is 0.325 e. The summed E-state index contributed by atoms with van der Waals surface area (Å²) in [7, 11) is -3.73. The summed E-state index contributed by atoms with van der Waals surface area (Å²) in [5.41, 5.74) is 0.989. The number of benzene rings is 1. The first-order chi connectivity index (χ1) is 10.4. The van der Waals surface area contributed by atoms with Crippen LogP contribution in [-0.2, 0) is 19.6 Å². The second-order valence-corrected chi connectivity index (χ2v) is 7.55. The first kappa shape index (κ1) is 15.2. The molecule has 5 nitrogen and oxygen atoms in total. The minimum absolute atomic E-state index is 0.216. The summed E-state index contributed by atoms with van der Waals surface area (Å²) < 4.78 is 32.7. The molecule has 3 rings (SSSR count). The monoisotopic (exact) mass is 321 g/mol. The molecule has 0 spiro atoms. The van der Waals surface area contributed by atoms with E-state index < -0.39 is 34.2 Å². The number of hydrogen-bond donors (Lipinski definition) is 0. The highest BCUT2D eigenvalue weighted by atomic mass is 32.2. The zero-order valence-corrected chi connectivity index (χ0v) is 13.4. The Bertz CT molecular complexity index is 708. The van der Waals surface area contributed by atoms with Crippen molar-refractivity contribution in [3.05, 3.63) is 42.0 Å². The van der Waals surface area contributed by atoms with Crippen LogP contribution in [0.3, 0.4) is 0 Å². The van der Waals surface area contributed by atoms with Gasteiger partial charge in [-0.3, -0.25) is 4.79 Å². The molecule has 2 bridgehead atoms. The van der Waals surface area contributed by atoms with Crippen LogP contribution in [0.2, 0.25) is 0 Å². The molecule has 0 saturated carbocycles. The lowest BCUT2D eigenvalue weighted by Gasteiger charge is -2.44. The van der Waals surface area contributed by atoms with Crippen molar-refractivity contribution in [2.24, 2.45) is 0 Å². The van der Waals surface area contributed by atoms with Gasteiger partial charge in [-0.05, 0) is 31.9 Å². The molecule has 0 unspecified atom stereocenters. The van der Waals surface area contributed by atoms with Gasteiger partial charge in [0.15, 0.2) is 0 Å². The predicted molar refractivity (Wildman–Crippen MR) is 81.7 cm³/mol. The molecule has 118 valence electrons. The highest BCUT2D eigenvalue weighted by molar-refractivity contribution is 7.89. The average molecular weight is 321 g/mol. The molecular formula is C16H19NO4S. The van der Waals surface area contributed by atoms with E-state index in [1.807, 2.05) is 26.0 Å². The number of sulfonamides is 1. The zero-order valence-electron chi connectivity index (χ0n) is 12.6. The van der Waals surface area contributed by atoms with Crippen LogP contribution in [0.1, 0.15) is 25.3 Å². The van der Waals surface area contributed by atoms with E-state index in [1.165, 1.54) is 4.31 Å². The SMILES string of the molecule is CC[C@H]1OC(=O)[C@H]2CC=C[C@@H]1N2S(=O)(=O)c1ccc(C)cc1. The number of hydrogen-bond acceptors (Lipinski definition) is 4. The topological polar surface area (TPSA) is 63.7 Å². The lowest BCUT2D eigenvalue weighted by Crippen LogP contribution is -2.61. The number of morpholine rings is 1. The van der Waals surface area contributed by atoms with Gasteiger partial charge in [0.05, 0.1) is 10.9 Å². The molecule has 3 atom stereocenters. The Hall–Kier alpha value is -1.66. The summed E-state index contributed by atoms with van der Waals surface area (Å²) >= 11 is 0. The maximum atomic E-state index is 13.0. The van der Waals surface area contributed by atoms with Crippen LogP contribution < -0.4 is 0 Å². The molecule has 2 heterocycles. The zero-order chi connectivity index (χ0) is 15.9. The maximum absolute atomic E-state index is 13.0. The Balaban J connectivity index is 2.06. The summed E-state index contributed by atoms with van der Waals surface area (Å²) in [5.74, 6) is -0.455. The molecule has 1 aromatic carbocycles. The number of nitrogens with zero attached hydrogens (tertiary/aromatic N) is 1. The normalized spacial score (nSPS) is 28.5. The summed E-state index contributed by atoms with van der Waals surface area (Å²) in [4.78, 5) is 12.4. The molecule has 0 amide bonds. The molecule has 6 heteroatoms. The summed E-state index contributed by atoms with van der Waals surface area (Å²) in [6.45, 7) is 3.79. The fraction of sp³-hybridized carbons (Fsp3) is 0.438. The van der Waals surface area contributed by atoms with Crippen molar-refractivity contribution < 1.29 is 17.9 Å². The summed E-state index contributed by atoms with van der Waals surface area (Å²) in [6, 6.07) is 5.52. The molecule has 0 aromatic heterocycles. The number of ether oxygens (including phenoxy) is 1. The summed E-state index contributed by atoms with van der Waals surface area (Å²) in [5, 5.41) is 0. The van der Waals surface area contributed by atoms with Gasteiger partial charge in [0.2, 0.25) is 10.0 Å². The van der Waals surface area contributed by atoms with E-state index in [-0.39, 0.29) is 4.90 Å². The Morgan fingerprint density at radius 1 is 1.27 bits per heavy atom. The van der Waals surface area contributed by atoms with E-state index in [4.69, 9.17) is 4.74 Å². The van der Waals surface area contributed by atoms with Crippen molar-refractivity contribution in [1.29, 1.82) is 0 Å². The third kappa shape index (κ3) is 2.36. The number of aryl methyl sites for hydroxylation is 1. The number of esters is 1. The molecule has 0 radical (unpaired) electrons. The van der Waals surface area contributed by atoms with Crippen LogP contribution in [0.5, 0.6) is 0 Å². The highest BCUT2D eigenvalue weighted by Crippen LogP contribution is 2.34. The van der Waals surface area contributed by atoms with Gasteiger partial charge in [0.1, 0.15) is 12.1 Å². The first-order valence-electron chi connectivity index (χ1n) is 7.42. The third-order valence-electron chi connectivity index (χ3n) is 4.21. The molecule has 22 heavy (non-hydrogen) atoms. The number of rotatable bonds is 3. The van der Waals surface area contributed by atoms with E-state index in [9.17, 15) is 13.2 Å². The minimum Gasteiger partial charge on any atom is -0.459 e. The fourth-order valence-corrected chi connectivity index (χ4v) is 4.77. The van der Waals surface area contributed by atoms with Gasteiger partial charge in [-0.25, -0.2) is 8.42 Å². The average Bonchev–Trinajstić information content (AvgIpc) is 2.51. The van der Waals surface area contributed by atoms with E-state index in [0.717, 1.165) is 5.56 Å². The van der Waals surface area contributed by atoms with Gasteiger partial charge in [0.25, 0.3) is 0 Å². The van der Waals surface area contributed by atoms with Crippen LogP contribution in [0.15, 0.2) is 41.3 Å². The van der Waals surface area contributed by atoms with Crippen LogP contribution >= 0.6 is 0 Å². The van der Waals surface area contributed by atoms with Crippen LogP contribution in [0.4, 0.5) is 0 Å².